The van der Waals surface area contributed by atoms with E-state index in [1.54, 1.807) is 25.1 Å². The lowest BCUT2D eigenvalue weighted by atomic mass is 10.1. The molecule has 3 aromatic rings. The summed E-state index contributed by atoms with van der Waals surface area (Å²) in [5, 5.41) is 12.4. The Balaban J connectivity index is 1.53. The predicted octanol–water partition coefficient (Wildman–Crippen LogP) is 2.24. The van der Waals surface area contributed by atoms with Gasteiger partial charge in [-0.3, -0.25) is 9.10 Å². The number of carbonyl (C=O) groups excluding carboxylic acids is 1. The van der Waals surface area contributed by atoms with Crippen LogP contribution in [0.15, 0.2) is 42.5 Å². The molecule has 0 saturated heterocycles. The summed E-state index contributed by atoms with van der Waals surface area (Å²) in [6.07, 6.45) is 0.592. The molecule has 29 heavy (non-hydrogen) atoms. The summed E-state index contributed by atoms with van der Waals surface area (Å²) >= 11 is 0. The van der Waals surface area contributed by atoms with Gasteiger partial charge in [-0.05, 0) is 54.8 Å². The number of nitrogens with zero attached hydrogens (tertiary/aromatic N) is 5. The molecule has 0 fully saturated rings. The van der Waals surface area contributed by atoms with Crippen LogP contribution in [0.4, 0.5) is 5.69 Å². The summed E-state index contributed by atoms with van der Waals surface area (Å²) in [7, 11) is -3.30. The molecule has 1 aromatic heterocycles. The van der Waals surface area contributed by atoms with Crippen molar-refractivity contribution in [2.24, 2.45) is 0 Å². The van der Waals surface area contributed by atoms with Gasteiger partial charge in [0, 0.05) is 17.7 Å². The Morgan fingerprint density at radius 3 is 2.72 bits per heavy atom. The largest absolute Gasteiger partial charge is 0.292 e. The van der Waals surface area contributed by atoms with Crippen LogP contribution in [-0.2, 0) is 23.0 Å². The number of aromatic nitrogens is 4. The summed E-state index contributed by atoms with van der Waals surface area (Å²) in [4.78, 5) is 14.0. The van der Waals surface area contributed by atoms with Gasteiger partial charge in [0.1, 0.15) is 6.54 Å². The Morgan fingerprint density at radius 2 is 1.97 bits per heavy atom. The number of carbonyl (C=O) groups is 1. The molecule has 0 aliphatic carbocycles. The molecule has 0 spiro atoms. The van der Waals surface area contributed by atoms with E-state index >= 15 is 0 Å². The molecule has 0 N–H and O–H groups in total. The molecule has 0 amide bonds. The lowest BCUT2D eigenvalue weighted by Crippen LogP contribution is -2.30. The number of benzene rings is 2. The third-order valence-electron chi connectivity index (χ3n) is 5.08. The van der Waals surface area contributed by atoms with Crippen molar-refractivity contribution in [1.82, 2.24) is 20.2 Å². The average Bonchev–Trinajstić information content (AvgIpc) is 3.35. The fourth-order valence-corrected chi connectivity index (χ4v) is 4.61. The van der Waals surface area contributed by atoms with Gasteiger partial charge in [-0.25, -0.2) is 8.42 Å². The second-order valence-electron chi connectivity index (χ2n) is 6.95. The number of aryl methyl sites for hydroxylation is 1. The highest BCUT2D eigenvalue weighted by Crippen LogP contribution is 2.31. The molecule has 4 rings (SSSR count). The maximum Gasteiger partial charge on any atom is 0.234 e. The lowest BCUT2D eigenvalue weighted by Gasteiger charge is -2.18. The number of hydrogen-bond acceptors (Lipinski definition) is 6. The van der Waals surface area contributed by atoms with Gasteiger partial charge in [0.2, 0.25) is 15.8 Å². The van der Waals surface area contributed by atoms with Crippen LogP contribution in [0.2, 0.25) is 0 Å². The van der Waals surface area contributed by atoms with Gasteiger partial charge < -0.3 is 0 Å². The maximum atomic E-state index is 12.7. The number of tetrazole rings is 1. The fourth-order valence-electron chi connectivity index (χ4n) is 3.45. The van der Waals surface area contributed by atoms with E-state index in [1.807, 2.05) is 31.2 Å². The zero-order chi connectivity index (χ0) is 20.6. The van der Waals surface area contributed by atoms with E-state index in [0.717, 1.165) is 16.7 Å². The Bertz CT molecular complexity index is 1190. The quantitative estimate of drug-likeness (QED) is 0.577. The second-order valence-corrected chi connectivity index (χ2v) is 9.13. The van der Waals surface area contributed by atoms with Gasteiger partial charge >= 0.3 is 0 Å². The molecular formula is C20H21N5O3S. The smallest absolute Gasteiger partial charge is 0.234 e. The van der Waals surface area contributed by atoms with Crippen LogP contribution in [0.25, 0.3) is 11.4 Å². The van der Waals surface area contributed by atoms with Gasteiger partial charge in [-0.1, -0.05) is 24.3 Å². The third kappa shape index (κ3) is 3.65. The highest BCUT2D eigenvalue weighted by molar-refractivity contribution is 7.92. The van der Waals surface area contributed by atoms with Crippen LogP contribution >= 0.6 is 0 Å². The number of anilines is 1. The predicted molar refractivity (Wildman–Crippen MR) is 109 cm³/mol. The second kappa shape index (κ2) is 7.40. The molecule has 2 aromatic carbocycles. The molecule has 0 atom stereocenters. The van der Waals surface area contributed by atoms with Crippen molar-refractivity contribution in [3.63, 3.8) is 0 Å². The number of rotatable bonds is 6. The molecule has 9 heteroatoms. The summed E-state index contributed by atoms with van der Waals surface area (Å²) in [6, 6.07) is 12.8. The first kappa shape index (κ1) is 19.3. The topological polar surface area (TPSA) is 98.1 Å². The van der Waals surface area contributed by atoms with Crippen LogP contribution < -0.4 is 4.31 Å². The van der Waals surface area contributed by atoms with Crippen LogP contribution in [0, 0.1) is 6.92 Å². The number of sulfonamides is 1. The van der Waals surface area contributed by atoms with E-state index in [0.29, 0.717) is 30.0 Å². The summed E-state index contributed by atoms with van der Waals surface area (Å²) in [5.41, 5.74) is 3.93. The minimum atomic E-state index is -3.30. The van der Waals surface area contributed by atoms with E-state index in [2.05, 4.69) is 15.4 Å². The summed E-state index contributed by atoms with van der Waals surface area (Å²) in [5.74, 6) is 0.373. The van der Waals surface area contributed by atoms with Gasteiger partial charge in [0.15, 0.2) is 5.78 Å². The van der Waals surface area contributed by atoms with E-state index in [-0.39, 0.29) is 18.1 Å². The van der Waals surface area contributed by atoms with E-state index in [4.69, 9.17) is 0 Å². The first-order valence-corrected chi connectivity index (χ1v) is 11.0. The maximum absolute atomic E-state index is 12.7. The minimum Gasteiger partial charge on any atom is -0.292 e. The molecular weight excluding hydrogens is 390 g/mol. The first-order chi connectivity index (χ1) is 13.9. The molecule has 0 radical (unpaired) electrons. The van der Waals surface area contributed by atoms with Crippen molar-refractivity contribution in [2.45, 2.75) is 26.8 Å². The number of hydrogen-bond donors (Lipinski definition) is 0. The number of Topliss-reactive ketones (excluding diaryl/α,β-unsaturated/α-hetero) is 1. The van der Waals surface area contributed by atoms with E-state index in [9.17, 15) is 13.2 Å². The molecule has 2 heterocycles. The summed E-state index contributed by atoms with van der Waals surface area (Å²) < 4.78 is 25.8. The van der Waals surface area contributed by atoms with Crippen LogP contribution in [0.1, 0.15) is 28.4 Å². The third-order valence-corrected chi connectivity index (χ3v) is 6.86. The Kier molecular flexibility index (Phi) is 4.91. The Hall–Kier alpha value is -3.07. The van der Waals surface area contributed by atoms with Crippen molar-refractivity contribution >= 4 is 21.5 Å². The monoisotopic (exact) mass is 411 g/mol. The van der Waals surface area contributed by atoms with Gasteiger partial charge in [0.25, 0.3) is 0 Å². The molecule has 1 aliphatic rings. The van der Waals surface area contributed by atoms with Gasteiger partial charge in [0.05, 0.1) is 11.4 Å². The van der Waals surface area contributed by atoms with Crippen molar-refractivity contribution in [3.8, 4) is 11.4 Å². The highest BCUT2D eigenvalue weighted by atomic mass is 32.2. The Labute approximate surface area is 169 Å². The van der Waals surface area contributed by atoms with E-state index in [1.165, 1.54) is 9.10 Å². The molecule has 1 aliphatic heterocycles. The first-order valence-electron chi connectivity index (χ1n) is 9.39. The van der Waals surface area contributed by atoms with Crippen LogP contribution in [-0.4, -0.2) is 46.7 Å². The molecule has 0 saturated carbocycles. The van der Waals surface area contributed by atoms with E-state index < -0.39 is 10.0 Å². The SMILES string of the molecule is CCS(=O)(=O)N1CCc2cc(C(=O)Cn3nnc(-c4ccccc4C)n3)ccc21. The fraction of sp³-hybridized carbons (Fsp3) is 0.300. The molecule has 0 unspecified atom stereocenters. The van der Waals surface area contributed by atoms with Gasteiger partial charge in [-0.2, -0.15) is 4.80 Å². The normalized spacial score (nSPS) is 13.5. The average molecular weight is 411 g/mol. The molecule has 150 valence electrons. The Morgan fingerprint density at radius 1 is 1.17 bits per heavy atom. The van der Waals surface area contributed by atoms with Crippen molar-refractivity contribution in [1.29, 1.82) is 0 Å². The van der Waals surface area contributed by atoms with Crippen LogP contribution in [0.5, 0.6) is 0 Å². The highest BCUT2D eigenvalue weighted by Gasteiger charge is 2.28. The lowest BCUT2D eigenvalue weighted by molar-refractivity contribution is 0.0961. The van der Waals surface area contributed by atoms with Gasteiger partial charge in [-0.15, -0.1) is 10.2 Å². The van der Waals surface area contributed by atoms with Crippen LogP contribution in [0.3, 0.4) is 0 Å². The summed E-state index contributed by atoms with van der Waals surface area (Å²) in [6.45, 7) is 3.97. The van der Waals surface area contributed by atoms with Crippen molar-refractivity contribution in [2.75, 3.05) is 16.6 Å². The molecule has 0 bridgehead atoms. The number of fused-ring (bicyclic) bond motifs is 1. The zero-order valence-corrected chi connectivity index (χ0v) is 17.1. The number of ketones is 1. The standard InChI is InChI=1S/C20H21N5O3S/c1-3-29(27,28)24-11-10-15-12-16(8-9-18(15)24)19(26)13-25-22-20(21-23-25)17-7-5-4-6-14(17)2/h4-9,12H,3,10-11,13H2,1-2H3. The zero-order valence-electron chi connectivity index (χ0n) is 16.2. The van der Waals surface area contributed by atoms with Crippen molar-refractivity contribution < 1.29 is 13.2 Å². The minimum absolute atomic E-state index is 0.0331. The molecule has 8 nitrogen and oxygen atoms in total. The van der Waals surface area contributed by atoms with Crippen molar-refractivity contribution in [3.05, 3.63) is 59.2 Å².